The second-order valence-electron chi connectivity index (χ2n) is 7.70. The molecule has 1 aromatic carbocycles. The van der Waals surface area contributed by atoms with Gasteiger partial charge >= 0.3 is 0 Å². The standard InChI is InChI=1S/C22H32ClN/c1-17(14-15-24-20-10-6-3-7-11-20)19-12-13-21(22(23)16-19)18-8-4-2-5-9-18/h12-14,16,18,20,24H,2-11,15H2,1H3. The van der Waals surface area contributed by atoms with Gasteiger partial charge in [-0.05, 0) is 61.3 Å². The predicted octanol–water partition coefficient (Wildman–Crippen LogP) is 6.71. The van der Waals surface area contributed by atoms with E-state index in [9.17, 15) is 0 Å². The topological polar surface area (TPSA) is 12.0 Å². The molecule has 0 spiro atoms. The zero-order valence-electron chi connectivity index (χ0n) is 15.1. The van der Waals surface area contributed by atoms with Crippen molar-refractivity contribution in [3.05, 3.63) is 40.4 Å². The van der Waals surface area contributed by atoms with E-state index in [1.165, 1.54) is 80.9 Å². The van der Waals surface area contributed by atoms with Crippen molar-refractivity contribution in [2.45, 2.75) is 83.1 Å². The lowest BCUT2D eigenvalue weighted by Gasteiger charge is -2.23. The van der Waals surface area contributed by atoms with E-state index in [4.69, 9.17) is 11.6 Å². The number of hydrogen-bond donors (Lipinski definition) is 1. The zero-order valence-corrected chi connectivity index (χ0v) is 15.9. The van der Waals surface area contributed by atoms with Crippen molar-refractivity contribution in [2.75, 3.05) is 6.54 Å². The Balaban J connectivity index is 1.58. The highest BCUT2D eigenvalue weighted by Crippen LogP contribution is 2.37. The molecule has 0 atom stereocenters. The highest BCUT2D eigenvalue weighted by atomic mass is 35.5. The van der Waals surface area contributed by atoms with Gasteiger partial charge < -0.3 is 5.32 Å². The fourth-order valence-corrected chi connectivity index (χ4v) is 4.66. The number of benzene rings is 1. The molecule has 1 aromatic rings. The van der Waals surface area contributed by atoms with Gasteiger partial charge in [-0.2, -0.15) is 0 Å². The largest absolute Gasteiger partial charge is 0.311 e. The van der Waals surface area contributed by atoms with E-state index in [1.54, 1.807) is 0 Å². The van der Waals surface area contributed by atoms with E-state index in [1.807, 2.05) is 0 Å². The van der Waals surface area contributed by atoms with Crippen LogP contribution < -0.4 is 5.32 Å². The molecular formula is C22H32ClN. The molecule has 1 nitrogen and oxygen atoms in total. The van der Waals surface area contributed by atoms with Crippen molar-refractivity contribution in [1.82, 2.24) is 5.32 Å². The second-order valence-corrected chi connectivity index (χ2v) is 8.11. The van der Waals surface area contributed by atoms with Gasteiger partial charge in [-0.15, -0.1) is 0 Å². The highest BCUT2D eigenvalue weighted by molar-refractivity contribution is 6.31. The summed E-state index contributed by atoms with van der Waals surface area (Å²) in [4.78, 5) is 0. The van der Waals surface area contributed by atoms with Gasteiger partial charge in [0.2, 0.25) is 0 Å². The third-order valence-electron chi connectivity index (χ3n) is 5.92. The molecule has 2 aliphatic carbocycles. The summed E-state index contributed by atoms with van der Waals surface area (Å²) in [7, 11) is 0. The van der Waals surface area contributed by atoms with Crippen LogP contribution in [0, 0.1) is 0 Å². The lowest BCUT2D eigenvalue weighted by atomic mass is 9.83. The van der Waals surface area contributed by atoms with Crippen molar-refractivity contribution in [3.63, 3.8) is 0 Å². The van der Waals surface area contributed by atoms with Crippen molar-refractivity contribution in [2.24, 2.45) is 0 Å². The van der Waals surface area contributed by atoms with Crippen LogP contribution in [-0.2, 0) is 0 Å². The van der Waals surface area contributed by atoms with Crippen LogP contribution in [0.1, 0.15) is 88.2 Å². The molecule has 0 saturated heterocycles. The second kappa shape index (κ2) is 9.06. The quantitative estimate of drug-likeness (QED) is 0.625. The Morgan fingerprint density at radius 2 is 1.71 bits per heavy atom. The van der Waals surface area contributed by atoms with Crippen LogP contribution in [0.4, 0.5) is 0 Å². The molecule has 2 fully saturated rings. The minimum absolute atomic E-state index is 0.678. The first-order chi connectivity index (χ1) is 11.7. The first kappa shape index (κ1) is 18.0. The summed E-state index contributed by atoms with van der Waals surface area (Å²) in [5.74, 6) is 0.678. The molecule has 1 N–H and O–H groups in total. The van der Waals surface area contributed by atoms with E-state index in [0.717, 1.165) is 17.6 Å². The molecule has 3 rings (SSSR count). The molecule has 0 aromatic heterocycles. The van der Waals surface area contributed by atoms with Gasteiger partial charge in [-0.1, -0.05) is 68.3 Å². The summed E-state index contributed by atoms with van der Waals surface area (Å²) in [5, 5.41) is 4.66. The number of halogens is 1. The van der Waals surface area contributed by atoms with E-state index in [-0.39, 0.29) is 0 Å². The third-order valence-corrected chi connectivity index (χ3v) is 6.25. The van der Waals surface area contributed by atoms with Gasteiger partial charge in [0.05, 0.1) is 0 Å². The summed E-state index contributed by atoms with van der Waals surface area (Å²) < 4.78 is 0. The van der Waals surface area contributed by atoms with E-state index < -0.39 is 0 Å². The van der Waals surface area contributed by atoms with Crippen LogP contribution in [-0.4, -0.2) is 12.6 Å². The SMILES string of the molecule is CC(=CCNC1CCCCC1)c1ccc(C2CCCCC2)c(Cl)c1. The van der Waals surface area contributed by atoms with Gasteiger partial charge in [0.15, 0.2) is 0 Å². The van der Waals surface area contributed by atoms with Crippen molar-refractivity contribution < 1.29 is 0 Å². The summed E-state index contributed by atoms with van der Waals surface area (Å²) in [6.07, 6.45) is 15.9. The monoisotopic (exact) mass is 345 g/mol. The Bertz CT molecular complexity index is 551. The highest BCUT2D eigenvalue weighted by Gasteiger charge is 2.18. The molecule has 0 unspecified atom stereocenters. The van der Waals surface area contributed by atoms with E-state index >= 15 is 0 Å². The first-order valence-corrected chi connectivity index (χ1v) is 10.3. The fourth-order valence-electron chi connectivity index (χ4n) is 4.32. The molecule has 0 radical (unpaired) electrons. The third kappa shape index (κ3) is 4.86. The van der Waals surface area contributed by atoms with E-state index in [2.05, 4.69) is 36.5 Å². The Labute approximate surface area is 152 Å². The minimum atomic E-state index is 0.678. The molecule has 0 amide bonds. The Morgan fingerprint density at radius 1 is 1.04 bits per heavy atom. The summed E-state index contributed by atoms with van der Waals surface area (Å²) in [6.45, 7) is 3.17. The summed E-state index contributed by atoms with van der Waals surface area (Å²) in [5.41, 5.74) is 3.97. The normalized spacial score (nSPS) is 21.2. The molecule has 132 valence electrons. The van der Waals surface area contributed by atoms with E-state index in [0.29, 0.717) is 5.92 Å². The van der Waals surface area contributed by atoms with Gasteiger partial charge in [0.25, 0.3) is 0 Å². The first-order valence-electron chi connectivity index (χ1n) is 9.94. The lowest BCUT2D eigenvalue weighted by Crippen LogP contribution is -2.31. The number of rotatable bonds is 5. The zero-order chi connectivity index (χ0) is 16.8. The van der Waals surface area contributed by atoms with Crippen LogP contribution in [0.15, 0.2) is 24.3 Å². The van der Waals surface area contributed by atoms with Crippen LogP contribution in [0.5, 0.6) is 0 Å². The summed E-state index contributed by atoms with van der Waals surface area (Å²) >= 11 is 6.62. The minimum Gasteiger partial charge on any atom is -0.311 e. The number of nitrogens with one attached hydrogen (secondary N) is 1. The molecule has 0 aliphatic heterocycles. The molecule has 2 heteroatoms. The Morgan fingerprint density at radius 3 is 2.38 bits per heavy atom. The van der Waals surface area contributed by atoms with Gasteiger partial charge in [-0.25, -0.2) is 0 Å². The lowest BCUT2D eigenvalue weighted by molar-refractivity contribution is 0.385. The Kier molecular flexibility index (Phi) is 6.80. The van der Waals surface area contributed by atoms with Crippen LogP contribution in [0.25, 0.3) is 5.57 Å². The maximum Gasteiger partial charge on any atom is 0.0446 e. The molecular weight excluding hydrogens is 314 g/mol. The number of hydrogen-bond acceptors (Lipinski definition) is 1. The molecule has 0 heterocycles. The Hall–Kier alpha value is -0.790. The van der Waals surface area contributed by atoms with Gasteiger partial charge in [0.1, 0.15) is 0 Å². The van der Waals surface area contributed by atoms with Crippen molar-refractivity contribution in [3.8, 4) is 0 Å². The fraction of sp³-hybridized carbons (Fsp3) is 0.636. The number of allylic oxidation sites excluding steroid dienone is 1. The average molecular weight is 346 g/mol. The average Bonchev–Trinajstić information content (AvgIpc) is 2.63. The predicted molar refractivity (Wildman–Crippen MR) is 106 cm³/mol. The van der Waals surface area contributed by atoms with Gasteiger partial charge in [0, 0.05) is 17.6 Å². The molecule has 24 heavy (non-hydrogen) atoms. The van der Waals surface area contributed by atoms with Crippen LogP contribution >= 0.6 is 11.6 Å². The van der Waals surface area contributed by atoms with Crippen LogP contribution in [0.3, 0.4) is 0 Å². The van der Waals surface area contributed by atoms with Crippen LogP contribution in [0.2, 0.25) is 5.02 Å². The smallest absolute Gasteiger partial charge is 0.0446 e. The van der Waals surface area contributed by atoms with Crippen molar-refractivity contribution in [1.29, 1.82) is 0 Å². The van der Waals surface area contributed by atoms with Crippen molar-refractivity contribution >= 4 is 17.2 Å². The molecule has 0 bridgehead atoms. The van der Waals surface area contributed by atoms with Gasteiger partial charge in [-0.3, -0.25) is 0 Å². The molecule has 2 aliphatic rings. The molecule has 2 saturated carbocycles. The maximum absolute atomic E-state index is 6.62. The maximum atomic E-state index is 6.62. The summed E-state index contributed by atoms with van der Waals surface area (Å²) in [6, 6.07) is 7.44.